The minimum atomic E-state index is -4.81. The van der Waals surface area contributed by atoms with Crippen LogP contribution in [0.2, 0.25) is 0 Å². The summed E-state index contributed by atoms with van der Waals surface area (Å²) in [6.45, 7) is 9.60. The molecular weight excluding hydrogens is 568 g/mol. The van der Waals surface area contributed by atoms with Crippen LogP contribution in [0, 0.1) is 0 Å². The lowest BCUT2D eigenvalue weighted by Crippen LogP contribution is -2.59. The van der Waals surface area contributed by atoms with Gasteiger partial charge in [-0.2, -0.15) is 9.29 Å². The molecule has 2 aromatic rings. The molecule has 2 aromatic carbocycles. The zero-order valence-corrected chi connectivity index (χ0v) is 26.1. The number of benzene rings is 2. The van der Waals surface area contributed by atoms with Crippen molar-refractivity contribution in [2.24, 2.45) is 0 Å². The highest BCUT2D eigenvalue weighted by molar-refractivity contribution is 7.58. The third-order valence-electron chi connectivity index (χ3n) is 5.37. The fourth-order valence-electron chi connectivity index (χ4n) is 3.43. The average Bonchev–Trinajstić information content (AvgIpc) is 2.89. The molecule has 0 radical (unpaired) electrons. The van der Waals surface area contributed by atoms with Crippen molar-refractivity contribution in [2.75, 3.05) is 7.11 Å². The maximum Gasteiger partial charge on any atom is 0.421 e. The summed E-state index contributed by atoms with van der Waals surface area (Å²) in [6.07, 6.45) is -2.18. The van der Waals surface area contributed by atoms with E-state index in [1.807, 2.05) is 0 Å². The number of halogens is 1. The Hall–Kier alpha value is -3.53. The molecular formula is C30H39FNO9P. The zero-order valence-electron chi connectivity index (χ0n) is 25.2. The molecule has 0 aliphatic carbocycles. The van der Waals surface area contributed by atoms with Crippen molar-refractivity contribution in [3.63, 3.8) is 0 Å². The van der Waals surface area contributed by atoms with Gasteiger partial charge in [-0.1, -0.05) is 60.7 Å². The smallest absolute Gasteiger partial charge is 0.421 e. The van der Waals surface area contributed by atoms with Crippen molar-refractivity contribution < 1.29 is 46.6 Å². The Morgan fingerprint density at radius 2 is 1.14 bits per heavy atom. The normalized spacial score (nSPS) is 14.0. The first kappa shape index (κ1) is 34.7. The molecule has 0 heterocycles. The van der Waals surface area contributed by atoms with Gasteiger partial charge >= 0.3 is 25.8 Å². The molecule has 0 spiro atoms. The highest BCUT2D eigenvalue weighted by Gasteiger charge is 2.51. The fraction of sp³-hybridized carbons (Fsp3) is 0.433. The number of esters is 1. The van der Waals surface area contributed by atoms with E-state index in [-0.39, 0.29) is 18.1 Å². The van der Waals surface area contributed by atoms with Crippen LogP contribution in [0.4, 0.5) is 14.0 Å². The third-order valence-corrected chi connectivity index (χ3v) is 6.96. The molecule has 2 rings (SSSR count). The van der Waals surface area contributed by atoms with Crippen molar-refractivity contribution in [3.05, 3.63) is 83.4 Å². The molecule has 10 nitrogen and oxygen atoms in total. The lowest BCUT2D eigenvalue weighted by atomic mass is 10.0. The van der Waals surface area contributed by atoms with E-state index in [9.17, 15) is 18.9 Å². The molecule has 0 aromatic heterocycles. The van der Waals surface area contributed by atoms with Crippen LogP contribution in [0.1, 0.15) is 59.6 Å². The summed E-state index contributed by atoms with van der Waals surface area (Å²) in [5.41, 5.74) is -5.21. The van der Waals surface area contributed by atoms with Crippen molar-refractivity contribution >= 4 is 25.8 Å². The van der Waals surface area contributed by atoms with Gasteiger partial charge < -0.3 is 14.2 Å². The van der Waals surface area contributed by atoms with Crippen LogP contribution < -0.4 is 0 Å². The second kappa shape index (κ2) is 14.1. The number of carbonyl (C=O) groups is 3. The number of ether oxygens (including phenoxy) is 3. The fourth-order valence-corrected chi connectivity index (χ4v) is 4.80. The topological polar surface area (TPSA) is 118 Å². The number of nitrogens with zero attached hydrogens (tertiary/aromatic N) is 1. The molecule has 0 N–H and O–H groups in total. The SMILES string of the molecule is COC(=O)C(C)(/C=C(\F)P(=O)(OCc1ccccc1)OCc1ccccc1)N(C(=O)OC(C)(C)C)C(=O)OC(C)(C)C. The van der Waals surface area contributed by atoms with Gasteiger partial charge in [-0.25, -0.2) is 14.4 Å². The standard InChI is InChI=1S/C30H39FNO9P/c1-28(2,3)40-26(34)32(27(35)41-29(4,5)6)30(7,25(33)37-8)19-24(31)42(36,38-20-22-15-11-9-12-16-22)39-21-23-17-13-10-14-18-23/h9-19H,20-21H2,1-8H3/b24-19+. The van der Waals surface area contributed by atoms with E-state index in [0.717, 1.165) is 14.0 Å². The van der Waals surface area contributed by atoms with E-state index in [4.69, 9.17) is 23.3 Å². The number of carbonyl (C=O) groups excluding carboxylic acids is 3. The summed E-state index contributed by atoms with van der Waals surface area (Å²) in [5.74, 6) is -1.26. The first-order chi connectivity index (χ1) is 19.4. The summed E-state index contributed by atoms with van der Waals surface area (Å²) in [4.78, 5) is 40.1. The summed E-state index contributed by atoms with van der Waals surface area (Å²) < 4.78 is 56.8. The lowest BCUT2D eigenvalue weighted by Gasteiger charge is -2.37. The Balaban J connectivity index is 2.65. The second-order valence-corrected chi connectivity index (χ2v) is 13.4. The molecule has 0 saturated heterocycles. The van der Waals surface area contributed by atoms with Gasteiger partial charge in [-0.3, -0.25) is 13.6 Å². The van der Waals surface area contributed by atoms with Gasteiger partial charge in [0.15, 0.2) is 5.54 Å². The number of methoxy groups -OCH3 is 1. The van der Waals surface area contributed by atoms with E-state index in [0.29, 0.717) is 17.2 Å². The van der Waals surface area contributed by atoms with Gasteiger partial charge in [0.25, 0.3) is 0 Å². The second-order valence-electron chi connectivity index (χ2n) is 11.4. The highest BCUT2D eigenvalue weighted by Crippen LogP contribution is 2.58. The number of rotatable bonds is 10. The molecule has 2 amide bonds. The Morgan fingerprint density at radius 3 is 1.48 bits per heavy atom. The molecule has 0 bridgehead atoms. The number of amides is 2. The van der Waals surface area contributed by atoms with Crippen LogP contribution in [0.25, 0.3) is 0 Å². The monoisotopic (exact) mass is 607 g/mol. The zero-order chi connectivity index (χ0) is 31.8. The van der Waals surface area contributed by atoms with Crippen LogP contribution in [0.5, 0.6) is 0 Å². The maximum absolute atomic E-state index is 16.2. The Bertz CT molecular complexity index is 1230. The van der Waals surface area contributed by atoms with E-state index < -0.39 is 48.1 Å². The van der Waals surface area contributed by atoms with Crippen LogP contribution in [0.3, 0.4) is 0 Å². The van der Waals surface area contributed by atoms with Gasteiger partial charge in [-0.15, -0.1) is 0 Å². The summed E-state index contributed by atoms with van der Waals surface area (Å²) in [7, 11) is -3.84. The lowest BCUT2D eigenvalue weighted by molar-refractivity contribution is -0.150. The molecule has 1 atom stereocenters. The Morgan fingerprint density at radius 1 is 0.762 bits per heavy atom. The highest BCUT2D eigenvalue weighted by atomic mass is 31.2. The van der Waals surface area contributed by atoms with E-state index in [2.05, 4.69) is 0 Å². The van der Waals surface area contributed by atoms with Crippen molar-refractivity contribution in [1.82, 2.24) is 4.90 Å². The summed E-state index contributed by atoms with van der Waals surface area (Å²) in [6, 6.07) is 17.1. The minimum Gasteiger partial charge on any atom is -0.467 e. The Labute approximate surface area is 246 Å². The van der Waals surface area contributed by atoms with Crippen LogP contribution >= 0.6 is 7.60 Å². The molecule has 0 fully saturated rings. The maximum atomic E-state index is 16.2. The predicted molar refractivity (Wildman–Crippen MR) is 154 cm³/mol. The quantitative estimate of drug-likeness (QED) is 0.153. The van der Waals surface area contributed by atoms with Crippen molar-refractivity contribution in [2.45, 2.75) is 78.4 Å². The van der Waals surface area contributed by atoms with Crippen LogP contribution in [-0.2, 0) is 45.8 Å². The number of hydrogen-bond acceptors (Lipinski definition) is 9. The van der Waals surface area contributed by atoms with Gasteiger partial charge in [0, 0.05) is 0 Å². The van der Waals surface area contributed by atoms with E-state index >= 15 is 4.39 Å². The molecule has 42 heavy (non-hydrogen) atoms. The molecule has 0 aliphatic rings. The molecule has 0 aliphatic heterocycles. The van der Waals surface area contributed by atoms with Crippen LogP contribution in [-0.4, -0.2) is 46.9 Å². The van der Waals surface area contributed by atoms with Crippen molar-refractivity contribution in [3.8, 4) is 0 Å². The summed E-state index contributed by atoms with van der Waals surface area (Å²) in [5, 5.41) is 0. The van der Waals surface area contributed by atoms with Crippen LogP contribution in [0.15, 0.2) is 72.3 Å². The largest absolute Gasteiger partial charge is 0.467 e. The first-order valence-corrected chi connectivity index (χ1v) is 14.6. The van der Waals surface area contributed by atoms with Gasteiger partial charge in [0.2, 0.25) is 5.57 Å². The summed E-state index contributed by atoms with van der Waals surface area (Å²) >= 11 is 0. The number of imide groups is 1. The van der Waals surface area contributed by atoms with Crippen molar-refractivity contribution in [1.29, 1.82) is 0 Å². The molecule has 230 valence electrons. The molecule has 0 saturated carbocycles. The van der Waals surface area contributed by atoms with Gasteiger partial charge in [0.1, 0.15) is 11.2 Å². The van der Waals surface area contributed by atoms with Gasteiger partial charge in [-0.05, 0) is 65.7 Å². The third kappa shape index (κ3) is 10.1. The average molecular weight is 608 g/mol. The predicted octanol–water partition coefficient (Wildman–Crippen LogP) is 7.53. The first-order valence-electron chi connectivity index (χ1n) is 13.1. The molecule has 12 heteroatoms. The van der Waals surface area contributed by atoms with Gasteiger partial charge in [0.05, 0.1) is 20.3 Å². The number of hydrogen-bond donors (Lipinski definition) is 0. The van der Waals surface area contributed by atoms with E-state index in [1.165, 1.54) is 41.5 Å². The minimum absolute atomic E-state index is 0.271. The van der Waals surface area contributed by atoms with E-state index in [1.54, 1.807) is 60.7 Å². The Kier molecular flexibility index (Phi) is 11.6. The molecule has 1 unspecified atom stereocenters.